The van der Waals surface area contributed by atoms with Gasteiger partial charge in [0.25, 0.3) is 0 Å². The zero-order chi connectivity index (χ0) is 15.2. The lowest BCUT2D eigenvalue weighted by Crippen LogP contribution is -2.45. The lowest BCUT2D eigenvalue weighted by Gasteiger charge is -2.29. The van der Waals surface area contributed by atoms with Crippen molar-refractivity contribution in [2.24, 2.45) is 0 Å². The predicted octanol–water partition coefficient (Wildman–Crippen LogP) is 1.91. The molecule has 1 atom stereocenters. The number of methoxy groups -OCH3 is 1. The van der Waals surface area contributed by atoms with Crippen molar-refractivity contribution in [1.82, 2.24) is 0 Å². The smallest absolute Gasteiger partial charge is 0.337 e. The first kappa shape index (κ1) is 16.5. The fourth-order valence-corrected chi connectivity index (χ4v) is 1.58. The van der Waals surface area contributed by atoms with E-state index in [1.807, 2.05) is 24.3 Å². The Morgan fingerprint density at radius 3 is 2.40 bits per heavy atom. The number of aliphatic hydroxyl groups excluding tert-OH is 1. The molecule has 0 aliphatic heterocycles. The summed E-state index contributed by atoms with van der Waals surface area (Å²) in [5.74, 6) is 0.0896. The van der Waals surface area contributed by atoms with Crippen molar-refractivity contribution in [3.05, 3.63) is 29.8 Å². The molecule has 0 spiro atoms. The molecule has 0 radical (unpaired) electrons. The monoisotopic (exact) mass is 282 g/mol. The van der Waals surface area contributed by atoms with Crippen LogP contribution >= 0.6 is 0 Å². The van der Waals surface area contributed by atoms with Crippen molar-refractivity contribution >= 4 is 5.97 Å². The van der Waals surface area contributed by atoms with Gasteiger partial charge in [-0.05, 0) is 38.5 Å². The molecule has 0 saturated heterocycles. The van der Waals surface area contributed by atoms with Gasteiger partial charge in [-0.15, -0.1) is 0 Å². The first-order chi connectivity index (χ1) is 9.40. The van der Waals surface area contributed by atoms with Crippen LogP contribution in [0.5, 0.6) is 5.75 Å². The van der Waals surface area contributed by atoms with Crippen LogP contribution in [0, 0.1) is 0 Å². The zero-order valence-corrected chi connectivity index (χ0v) is 12.4. The van der Waals surface area contributed by atoms with E-state index in [1.165, 1.54) is 0 Å². The summed E-state index contributed by atoms with van der Waals surface area (Å²) in [5.41, 5.74) is -0.0958. The SMILES string of the molecule is CCOC(=O)C(O)C(C)(C)OCc1ccc(OC)cc1. The average molecular weight is 282 g/mol. The molecule has 0 heterocycles. The van der Waals surface area contributed by atoms with Gasteiger partial charge in [0.05, 0.1) is 25.9 Å². The van der Waals surface area contributed by atoms with Gasteiger partial charge in [0.1, 0.15) is 5.75 Å². The van der Waals surface area contributed by atoms with Crippen LogP contribution in [0.25, 0.3) is 0 Å². The highest BCUT2D eigenvalue weighted by atomic mass is 16.6. The van der Waals surface area contributed by atoms with E-state index in [1.54, 1.807) is 27.9 Å². The number of carbonyl (C=O) groups excluding carboxylic acids is 1. The Morgan fingerprint density at radius 2 is 1.90 bits per heavy atom. The lowest BCUT2D eigenvalue weighted by molar-refractivity contribution is -0.173. The molecule has 20 heavy (non-hydrogen) atoms. The van der Waals surface area contributed by atoms with Crippen LogP contribution in [0.3, 0.4) is 0 Å². The third-order valence-electron chi connectivity index (χ3n) is 2.94. The fourth-order valence-electron chi connectivity index (χ4n) is 1.58. The molecule has 1 aromatic rings. The summed E-state index contributed by atoms with van der Waals surface area (Å²) in [4.78, 5) is 11.5. The Labute approximate surface area is 119 Å². The minimum absolute atomic E-state index is 0.227. The summed E-state index contributed by atoms with van der Waals surface area (Å²) in [6.07, 6.45) is -1.32. The molecule has 1 unspecified atom stereocenters. The molecule has 112 valence electrons. The standard InChI is InChI=1S/C15H22O5/c1-5-19-14(17)13(16)15(2,3)20-10-11-6-8-12(18-4)9-7-11/h6-9,13,16H,5,10H2,1-4H3. The van der Waals surface area contributed by atoms with Crippen LogP contribution in [0.2, 0.25) is 0 Å². The van der Waals surface area contributed by atoms with E-state index < -0.39 is 17.7 Å². The summed E-state index contributed by atoms with van der Waals surface area (Å²) in [6, 6.07) is 7.39. The van der Waals surface area contributed by atoms with Crippen molar-refractivity contribution in [3.8, 4) is 5.75 Å². The summed E-state index contributed by atoms with van der Waals surface area (Å²) in [6.45, 7) is 5.50. The minimum Gasteiger partial charge on any atom is -0.497 e. The molecular formula is C15H22O5. The Morgan fingerprint density at radius 1 is 1.30 bits per heavy atom. The van der Waals surface area contributed by atoms with Gasteiger partial charge in [-0.25, -0.2) is 4.79 Å². The number of benzene rings is 1. The number of ether oxygens (including phenoxy) is 3. The van der Waals surface area contributed by atoms with E-state index >= 15 is 0 Å². The fraction of sp³-hybridized carbons (Fsp3) is 0.533. The highest BCUT2D eigenvalue weighted by Crippen LogP contribution is 2.20. The van der Waals surface area contributed by atoms with E-state index in [9.17, 15) is 9.90 Å². The van der Waals surface area contributed by atoms with Gasteiger partial charge in [0, 0.05) is 0 Å². The second-order valence-corrected chi connectivity index (χ2v) is 4.89. The second kappa shape index (κ2) is 7.26. The number of hydrogen-bond donors (Lipinski definition) is 1. The topological polar surface area (TPSA) is 65.0 Å². The highest BCUT2D eigenvalue weighted by molar-refractivity contribution is 5.75. The van der Waals surface area contributed by atoms with E-state index in [2.05, 4.69) is 0 Å². The second-order valence-electron chi connectivity index (χ2n) is 4.89. The first-order valence-electron chi connectivity index (χ1n) is 6.52. The Bertz CT molecular complexity index is 424. The van der Waals surface area contributed by atoms with Crippen LogP contribution in [0.1, 0.15) is 26.3 Å². The Hall–Kier alpha value is -1.59. The molecule has 5 heteroatoms. The maximum Gasteiger partial charge on any atom is 0.337 e. The third-order valence-corrected chi connectivity index (χ3v) is 2.94. The number of aliphatic hydroxyl groups is 1. The molecule has 0 aliphatic rings. The van der Waals surface area contributed by atoms with Gasteiger partial charge in [-0.2, -0.15) is 0 Å². The van der Waals surface area contributed by atoms with Crippen LogP contribution < -0.4 is 4.74 Å². The van der Waals surface area contributed by atoms with Crippen LogP contribution in [-0.2, 0) is 20.9 Å². The molecule has 1 aromatic carbocycles. The first-order valence-corrected chi connectivity index (χ1v) is 6.52. The summed E-state index contributed by atoms with van der Waals surface area (Å²) >= 11 is 0. The molecule has 1 N–H and O–H groups in total. The van der Waals surface area contributed by atoms with Gasteiger partial charge in [-0.3, -0.25) is 0 Å². The minimum atomic E-state index is -1.32. The van der Waals surface area contributed by atoms with Crippen LogP contribution in [0.4, 0.5) is 0 Å². The van der Waals surface area contributed by atoms with Crippen molar-refractivity contribution in [1.29, 1.82) is 0 Å². The molecule has 0 fully saturated rings. The van der Waals surface area contributed by atoms with E-state index in [-0.39, 0.29) is 13.2 Å². The molecule has 1 rings (SSSR count). The van der Waals surface area contributed by atoms with Gasteiger partial charge in [-0.1, -0.05) is 12.1 Å². The Balaban J connectivity index is 2.59. The zero-order valence-electron chi connectivity index (χ0n) is 12.4. The number of rotatable bonds is 7. The van der Waals surface area contributed by atoms with E-state index in [0.29, 0.717) is 0 Å². The van der Waals surface area contributed by atoms with Crippen LogP contribution in [-0.4, -0.2) is 36.5 Å². The van der Waals surface area contributed by atoms with Crippen molar-refractivity contribution in [2.45, 2.75) is 39.1 Å². The van der Waals surface area contributed by atoms with Crippen molar-refractivity contribution in [2.75, 3.05) is 13.7 Å². The summed E-state index contributed by atoms with van der Waals surface area (Å²) < 4.78 is 15.5. The molecule has 0 amide bonds. The predicted molar refractivity (Wildman–Crippen MR) is 74.5 cm³/mol. The normalized spacial score (nSPS) is 12.8. The van der Waals surface area contributed by atoms with Gasteiger partial charge in [0.15, 0.2) is 6.10 Å². The van der Waals surface area contributed by atoms with Crippen molar-refractivity contribution < 1.29 is 24.1 Å². The quantitative estimate of drug-likeness (QED) is 0.774. The van der Waals surface area contributed by atoms with Crippen LogP contribution in [0.15, 0.2) is 24.3 Å². The number of hydrogen-bond acceptors (Lipinski definition) is 5. The maximum atomic E-state index is 11.5. The molecule has 0 bridgehead atoms. The maximum absolute atomic E-state index is 11.5. The largest absolute Gasteiger partial charge is 0.497 e. The van der Waals surface area contributed by atoms with Crippen molar-refractivity contribution in [3.63, 3.8) is 0 Å². The van der Waals surface area contributed by atoms with E-state index in [4.69, 9.17) is 14.2 Å². The summed E-state index contributed by atoms with van der Waals surface area (Å²) in [7, 11) is 1.60. The lowest BCUT2D eigenvalue weighted by atomic mass is 10.0. The molecular weight excluding hydrogens is 260 g/mol. The van der Waals surface area contributed by atoms with E-state index in [0.717, 1.165) is 11.3 Å². The number of esters is 1. The van der Waals surface area contributed by atoms with Gasteiger partial charge >= 0.3 is 5.97 Å². The average Bonchev–Trinajstić information content (AvgIpc) is 2.45. The highest BCUT2D eigenvalue weighted by Gasteiger charge is 2.35. The van der Waals surface area contributed by atoms with Gasteiger partial charge < -0.3 is 19.3 Å². The number of carbonyl (C=O) groups is 1. The molecule has 0 aliphatic carbocycles. The summed E-state index contributed by atoms with van der Waals surface area (Å²) in [5, 5.41) is 9.92. The third kappa shape index (κ3) is 4.51. The molecule has 0 saturated carbocycles. The van der Waals surface area contributed by atoms with Gasteiger partial charge in [0.2, 0.25) is 0 Å². The molecule has 5 nitrogen and oxygen atoms in total. The Kier molecular flexibility index (Phi) is 5.98. The molecule has 0 aromatic heterocycles.